The van der Waals surface area contributed by atoms with Crippen LogP contribution in [0.15, 0.2) is 36.5 Å². The lowest BCUT2D eigenvalue weighted by Gasteiger charge is -2.22. The van der Waals surface area contributed by atoms with Crippen LogP contribution in [0.25, 0.3) is 0 Å². The van der Waals surface area contributed by atoms with Crippen molar-refractivity contribution >= 4 is 17.9 Å². The van der Waals surface area contributed by atoms with Gasteiger partial charge in [0.1, 0.15) is 13.2 Å². The second-order valence-electron chi connectivity index (χ2n) is 20.1. The van der Waals surface area contributed by atoms with Crippen LogP contribution in [0.1, 0.15) is 292 Å². The normalized spacial score (nSPS) is 13.7. The first-order valence-electron chi connectivity index (χ1n) is 28.7. The Labute approximate surface area is 410 Å². The van der Waals surface area contributed by atoms with E-state index in [1.807, 2.05) is 20.8 Å². The molecule has 66 heavy (non-hydrogen) atoms. The molecule has 0 bridgehead atoms. The van der Waals surface area contributed by atoms with Crippen LogP contribution in [0.3, 0.4) is 0 Å². The highest BCUT2D eigenvalue weighted by molar-refractivity contribution is 5.73. The molecule has 0 heterocycles. The highest BCUT2D eigenvalue weighted by atomic mass is 16.6. The smallest absolute Gasteiger partial charge is 0.309 e. The fourth-order valence-electron chi connectivity index (χ4n) is 8.42. The van der Waals surface area contributed by atoms with Crippen LogP contribution in [-0.2, 0) is 28.6 Å². The number of carbonyl (C=O) groups excluding carboxylic acids is 3. The molecule has 0 aliphatic carbocycles. The first-order chi connectivity index (χ1) is 32.3. The van der Waals surface area contributed by atoms with Crippen molar-refractivity contribution in [1.29, 1.82) is 0 Å². The zero-order valence-corrected chi connectivity index (χ0v) is 44.7. The van der Waals surface area contributed by atoms with Gasteiger partial charge in [0.15, 0.2) is 6.10 Å². The van der Waals surface area contributed by atoms with E-state index >= 15 is 0 Å². The first-order valence-corrected chi connectivity index (χ1v) is 28.7. The molecule has 0 N–H and O–H groups in total. The van der Waals surface area contributed by atoms with Gasteiger partial charge in [-0.3, -0.25) is 14.4 Å². The molecule has 4 atom stereocenters. The Morgan fingerprint density at radius 2 is 0.545 bits per heavy atom. The number of hydrogen-bond donors (Lipinski definition) is 0. The second kappa shape index (κ2) is 50.5. The number of allylic oxidation sites excluding steroid dienone is 6. The van der Waals surface area contributed by atoms with Gasteiger partial charge in [0.05, 0.1) is 17.8 Å². The molecule has 0 spiro atoms. The zero-order valence-electron chi connectivity index (χ0n) is 44.7. The molecular weight excluding hydrogens is 817 g/mol. The summed E-state index contributed by atoms with van der Waals surface area (Å²) in [5.41, 5.74) is 0. The van der Waals surface area contributed by atoms with Gasteiger partial charge in [-0.15, -0.1) is 0 Å². The van der Waals surface area contributed by atoms with E-state index in [1.54, 1.807) is 0 Å². The molecule has 0 fully saturated rings. The summed E-state index contributed by atoms with van der Waals surface area (Å²) in [7, 11) is 0. The summed E-state index contributed by atoms with van der Waals surface area (Å²) < 4.78 is 17.4. The van der Waals surface area contributed by atoms with Crippen molar-refractivity contribution in [2.24, 2.45) is 17.8 Å². The Morgan fingerprint density at radius 3 is 0.818 bits per heavy atom. The van der Waals surface area contributed by atoms with E-state index in [-0.39, 0.29) is 48.9 Å². The molecule has 0 saturated carbocycles. The van der Waals surface area contributed by atoms with Crippen molar-refractivity contribution in [3.8, 4) is 0 Å². The third-order valence-electron chi connectivity index (χ3n) is 13.3. The van der Waals surface area contributed by atoms with Crippen molar-refractivity contribution in [3.05, 3.63) is 36.5 Å². The average molecular weight is 928 g/mol. The minimum absolute atomic E-state index is 0.103. The first kappa shape index (κ1) is 63.6. The van der Waals surface area contributed by atoms with Gasteiger partial charge in [0.2, 0.25) is 0 Å². The van der Waals surface area contributed by atoms with Gasteiger partial charge in [-0.25, -0.2) is 0 Å². The summed E-state index contributed by atoms with van der Waals surface area (Å²) in [5.74, 6) is -1.64. The fraction of sp³-hybridized carbons (Fsp3) is 0.850. The summed E-state index contributed by atoms with van der Waals surface area (Å²) in [6.07, 6.45) is 59.9. The molecule has 0 aromatic heterocycles. The summed E-state index contributed by atoms with van der Waals surface area (Å²) in [4.78, 5) is 39.4. The third kappa shape index (κ3) is 44.2. The quantitative estimate of drug-likeness (QED) is 0.0262. The topological polar surface area (TPSA) is 78.9 Å². The Kier molecular flexibility index (Phi) is 48.7. The average Bonchev–Trinajstić information content (AvgIpc) is 3.32. The molecule has 0 aromatic carbocycles. The van der Waals surface area contributed by atoms with Gasteiger partial charge in [0, 0.05) is 0 Å². The molecule has 4 unspecified atom stereocenters. The highest BCUT2D eigenvalue weighted by Crippen LogP contribution is 2.19. The summed E-state index contributed by atoms with van der Waals surface area (Å²) in [6.45, 7) is 12.3. The summed E-state index contributed by atoms with van der Waals surface area (Å²) in [5, 5.41) is 0. The Balaban J connectivity index is 4.71. The number of carbonyl (C=O) groups is 3. The molecule has 0 saturated heterocycles. The number of hydrogen-bond acceptors (Lipinski definition) is 6. The number of ether oxygens (including phenoxy) is 3. The summed E-state index contributed by atoms with van der Waals surface area (Å²) in [6, 6.07) is 0. The molecule has 0 aliphatic heterocycles. The second-order valence-corrected chi connectivity index (χ2v) is 20.1. The lowest BCUT2D eigenvalue weighted by Crippen LogP contribution is -2.34. The van der Waals surface area contributed by atoms with Gasteiger partial charge in [0.25, 0.3) is 0 Å². The molecule has 0 radical (unpaired) electrons. The molecular formula is C60H110O6. The predicted octanol–water partition coefficient (Wildman–Crippen LogP) is 18.8. The van der Waals surface area contributed by atoms with Crippen molar-refractivity contribution in [3.63, 3.8) is 0 Å². The van der Waals surface area contributed by atoms with E-state index in [0.717, 1.165) is 96.3 Å². The molecule has 6 heteroatoms. The van der Waals surface area contributed by atoms with Crippen LogP contribution < -0.4 is 0 Å². The maximum atomic E-state index is 13.3. The minimum atomic E-state index is -0.821. The number of esters is 3. The van der Waals surface area contributed by atoms with Crippen LogP contribution in [0.2, 0.25) is 0 Å². The fourth-order valence-corrected chi connectivity index (χ4v) is 8.42. The van der Waals surface area contributed by atoms with E-state index in [9.17, 15) is 14.4 Å². The van der Waals surface area contributed by atoms with E-state index in [0.29, 0.717) is 0 Å². The van der Waals surface area contributed by atoms with Crippen LogP contribution in [0.5, 0.6) is 0 Å². The highest BCUT2D eigenvalue weighted by Gasteiger charge is 2.25. The maximum Gasteiger partial charge on any atom is 0.309 e. The molecule has 0 aromatic rings. The molecule has 386 valence electrons. The summed E-state index contributed by atoms with van der Waals surface area (Å²) >= 11 is 0. The van der Waals surface area contributed by atoms with Gasteiger partial charge >= 0.3 is 17.9 Å². The van der Waals surface area contributed by atoms with Crippen LogP contribution in [0.4, 0.5) is 0 Å². The van der Waals surface area contributed by atoms with E-state index in [4.69, 9.17) is 14.2 Å². The van der Waals surface area contributed by atoms with E-state index in [1.165, 1.54) is 154 Å². The monoisotopic (exact) mass is 927 g/mol. The van der Waals surface area contributed by atoms with Gasteiger partial charge in [-0.2, -0.15) is 0 Å². The maximum absolute atomic E-state index is 13.3. The number of unbranched alkanes of at least 4 members (excludes halogenated alkanes) is 30. The van der Waals surface area contributed by atoms with Gasteiger partial charge in [-0.1, -0.05) is 232 Å². The molecule has 0 amide bonds. The van der Waals surface area contributed by atoms with Gasteiger partial charge < -0.3 is 14.2 Å². The molecule has 0 rings (SSSR count). The van der Waals surface area contributed by atoms with Crippen molar-refractivity contribution in [2.45, 2.75) is 298 Å². The van der Waals surface area contributed by atoms with Crippen molar-refractivity contribution in [2.75, 3.05) is 13.2 Å². The third-order valence-corrected chi connectivity index (χ3v) is 13.3. The lowest BCUT2D eigenvalue weighted by atomic mass is 10.0. The molecule has 0 aliphatic rings. The Hall–Kier alpha value is -2.37. The Morgan fingerprint density at radius 1 is 0.318 bits per heavy atom. The minimum Gasteiger partial charge on any atom is -0.461 e. The van der Waals surface area contributed by atoms with Crippen LogP contribution in [0, 0.1) is 17.8 Å². The predicted molar refractivity (Wildman–Crippen MR) is 284 cm³/mol. The van der Waals surface area contributed by atoms with Crippen molar-refractivity contribution in [1.82, 2.24) is 0 Å². The van der Waals surface area contributed by atoms with Gasteiger partial charge in [-0.05, 0) is 96.3 Å². The van der Waals surface area contributed by atoms with Crippen molar-refractivity contribution < 1.29 is 28.6 Å². The number of rotatable bonds is 50. The lowest BCUT2D eigenvalue weighted by molar-refractivity contribution is -0.171. The van der Waals surface area contributed by atoms with E-state index in [2.05, 4.69) is 57.2 Å². The zero-order chi connectivity index (χ0) is 48.4. The van der Waals surface area contributed by atoms with E-state index < -0.39 is 6.10 Å². The van der Waals surface area contributed by atoms with Crippen LogP contribution >= 0.6 is 0 Å². The molecule has 6 nitrogen and oxygen atoms in total. The van der Waals surface area contributed by atoms with Crippen LogP contribution in [-0.4, -0.2) is 37.2 Å². The standard InChI is InChI=1S/C60H110O6/c1-7-10-13-16-19-22-25-28-31-34-37-40-43-46-49-54(4)58(61)64-52-57(66-60(63)56(6)51-48-45-42-39-36-33-30-27-24-21-18-15-12-9-3)53-65-59(62)55(5)50-47-44-41-38-35-32-29-26-23-20-17-14-11-8-2/h28-33,54-57H,7-27,34-53H2,1-6H3/b31-28-,32-29+,33-30+. The SMILES string of the molecule is CCCCCCCC/C=C\CCCCCCC(C)C(=O)OCC(COC(=O)C(C)CCCCCC/C=C/CCCCCCCC)OC(=O)C(C)CCCCCC/C=C/CCCCCCCC. The largest absolute Gasteiger partial charge is 0.461 e. The Bertz CT molecular complexity index is 1100.